The van der Waals surface area contributed by atoms with Gasteiger partial charge < -0.3 is 19.9 Å². The van der Waals surface area contributed by atoms with E-state index in [1.165, 1.54) is 17.5 Å². The number of nitrogens with one attached hydrogen (secondary N) is 1. The Morgan fingerprint density at radius 2 is 1.90 bits per heavy atom. The van der Waals surface area contributed by atoms with Crippen LogP contribution < -0.4 is 10.2 Å². The molecule has 2 aliphatic heterocycles. The van der Waals surface area contributed by atoms with Gasteiger partial charge in [0.25, 0.3) is 5.91 Å². The van der Waals surface area contributed by atoms with E-state index in [0.717, 1.165) is 57.2 Å². The Bertz CT molecular complexity index is 818. The van der Waals surface area contributed by atoms with Crippen molar-refractivity contribution in [3.05, 3.63) is 65.2 Å². The van der Waals surface area contributed by atoms with Gasteiger partial charge >= 0.3 is 0 Å². The number of benzene rings is 2. The quantitative estimate of drug-likeness (QED) is 0.819. The molecule has 1 atom stereocenters. The molecule has 0 radical (unpaired) electrons. The van der Waals surface area contributed by atoms with E-state index in [1.807, 2.05) is 18.2 Å². The van der Waals surface area contributed by atoms with E-state index >= 15 is 0 Å². The maximum Gasteiger partial charge on any atom is 0.251 e. The van der Waals surface area contributed by atoms with Crippen LogP contribution in [0.2, 0.25) is 0 Å². The van der Waals surface area contributed by atoms with Crippen LogP contribution in [0.4, 0.5) is 5.69 Å². The third-order valence-electron chi connectivity index (χ3n) is 6.08. The van der Waals surface area contributed by atoms with Crippen molar-refractivity contribution >= 4 is 11.6 Å². The number of carbonyl (C=O) groups excluding carboxylic acids is 1. The highest BCUT2D eigenvalue weighted by molar-refractivity contribution is 5.95. The minimum atomic E-state index is 0.0123. The lowest BCUT2D eigenvalue weighted by Crippen LogP contribution is -2.37. The third kappa shape index (κ3) is 4.98. The normalized spacial score (nSPS) is 20.0. The summed E-state index contributed by atoms with van der Waals surface area (Å²) in [4.78, 5) is 17.4. The van der Waals surface area contributed by atoms with Gasteiger partial charge in [0.05, 0.1) is 13.2 Å². The number of rotatable bonds is 6. The summed E-state index contributed by atoms with van der Waals surface area (Å²) in [5, 5.41) is 3.11. The summed E-state index contributed by atoms with van der Waals surface area (Å²) in [7, 11) is 0. The molecule has 1 amide bonds. The zero-order valence-electron chi connectivity index (χ0n) is 17.3. The topological polar surface area (TPSA) is 44.8 Å². The molecule has 0 unspecified atom stereocenters. The lowest BCUT2D eigenvalue weighted by molar-refractivity contribution is 0.0949. The molecule has 0 saturated carbocycles. The smallest absolute Gasteiger partial charge is 0.251 e. The van der Waals surface area contributed by atoms with E-state index in [2.05, 4.69) is 52.4 Å². The second-order valence-electron chi connectivity index (χ2n) is 8.05. The van der Waals surface area contributed by atoms with Crippen LogP contribution in [-0.4, -0.2) is 63.3 Å². The Morgan fingerprint density at radius 3 is 2.69 bits per heavy atom. The maximum absolute atomic E-state index is 12.7. The lowest BCUT2D eigenvalue weighted by atomic mass is 9.99. The number of aryl methyl sites for hydroxylation is 1. The molecule has 1 N–H and O–H groups in total. The molecule has 0 spiro atoms. The average molecular weight is 394 g/mol. The summed E-state index contributed by atoms with van der Waals surface area (Å²) in [6, 6.07) is 16.7. The molecular weight excluding hydrogens is 362 g/mol. The van der Waals surface area contributed by atoms with E-state index < -0.39 is 0 Å². The average Bonchev–Trinajstić information content (AvgIpc) is 3.24. The van der Waals surface area contributed by atoms with E-state index in [0.29, 0.717) is 12.5 Å². The Hall–Kier alpha value is -2.37. The first kappa shape index (κ1) is 19.9. The van der Waals surface area contributed by atoms with E-state index in [9.17, 15) is 4.79 Å². The number of morpholine rings is 1. The summed E-state index contributed by atoms with van der Waals surface area (Å²) < 4.78 is 5.45. The predicted octanol–water partition coefficient (Wildman–Crippen LogP) is 3.05. The van der Waals surface area contributed by atoms with Gasteiger partial charge in [-0.2, -0.15) is 0 Å². The minimum Gasteiger partial charge on any atom is -0.378 e. The molecule has 29 heavy (non-hydrogen) atoms. The third-order valence-corrected chi connectivity index (χ3v) is 6.08. The van der Waals surface area contributed by atoms with Crippen molar-refractivity contribution in [2.24, 2.45) is 0 Å². The highest BCUT2D eigenvalue weighted by atomic mass is 16.5. The van der Waals surface area contributed by atoms with Gasteiger partial charge in [-0.25, -0.2) is 0 Å². The molecule has 2 fully saturated rings. The van der Waals surface area contributed by atoms with Crippen molar-refractivity contribution in [2.45, 2.75) is 19.3 Å². The molecule has 2 aliphatic rings. The van der Waals surface area contributed by atoms with Gasteiger partial charge in [-0.15, -0.1) is 0 Å². The molecule has 5 heteroatoms. The molecular formula is C24H31N3O2. The van der Waals surface area contributed by atoms with Gasteiger partial charge in [0.15, 0.2) is 0 Å². The lowest BCUT2D eigenvalue weighted by Gasteiger charge is -2.30. The molecule has 5 nitrogen and oxygen atoms in total. The SMILES string of the molecule is Cc1ccc(C(=O)NCCN2CC[C@H](c3ccccc3)C2)cc1N1CCOCC1. The van der Waals surface area contributed by atoms with Crippen LogP contribution in [0.5, 0.6) is 0 Å². The number of carbonyl (C=O) groups is 1. The monoisotopic (exact) mass is 393 g/mol. The molecule has 2 aromatic carbocycles. The molecule has 0 bridgehead atoms. The van der Waals surface area contributed by atoms with E-state index in [-0.39, 0.29) is 5.91 Å². The van der Waals surface area contributed by atoms with Gasteiger partial charge in [-0.3, -0.25) is 4.79 Å². The number of hydrogen-bond donors (Lipinski definition) is 1. The first-order valence-corrected chi connectivity index (χ1v) is 10.7. The number of anilines is 1. The maximum atomic E-state index is 12.7. The summed E-state index contributed by atoms with van der Waals surface area (Å²) in [6.45, 7) is 9.10. The van der Waals surface area contributed by atoms with Crippen LogP contribution in [0.1, 0.15) is 33.8 Å². The number of hydrogen-bond acceptors (Lipinski definition) is 4. The standard InChI is InChI=1S/C24H31N3O2/c1-19-7-8-21(17-23(19)27-13-15-29-16-14-27)24(28)25-10-12-26-11-9-22(18-26)20-5-3-2-4-6-20/h2-8,17,22H,9-16,18H2,1H3,(H,25,28)/t22-/m0/s1. The Morgan fingerprint density at radius 1 is 1.10 bits per heavy atom. The molecule has 0 aromatic heterocycles. The molecule has 154 valence electrons. The Balaban J connectivity index is 1.28. The van der Waals surface area contributed by atoms with Crippen molar-refractivity contribution in [2.75, 3.05) is 57.4 Å². The summed E-state index contributed by atoms with van der Waals surface area (Å²) in [5.41, 5.74) is 4.51. The predicted molar refractivity (Wildman–Crippen MR) is 117 cm³/mol. The number of nitrogens with zero attached hydrogens (tertiary/aromatic N) is 2. The van der Waals surface area contributed by atoms with Crippen LogP contribution in [0.15, 0.2) is 48.5 Å². The fourth-order valence-electron chi connectivity index (χ4n) is 4.36. The molecule has 2 heterocycles. The molecule has 0 aliphatic carbocycles. The van der Waals surface area contributed by atoms with Crippen LogP contribution in [0.25, 0.3) is 0 Å². The number of amides is 1. The Labute approximate surface area is 173 Å². The fourth-order valence-corrected chi connectivity index (χ4v) is 4.36. The van der Waals surface area contributed by atoms with Crippen molar-refractivity contribution in [1.82, 2.24) is 10.2 Å². The highest BCUT2D eigenvalue weighted by Gasteiger charge is 2.23. The number of ether oxygens (including phenoxy) is 1. The first-order chi connectivity index (χ1) is 14.2. The van der Waals surface area contributed by atoms with Gasteiger partial charge in [0.2, 0.25) is 0 Å². The molecule has 2 aromatic rings. The fraction of sp³-hybridized carbons (Fsp3) is 0.458. The first-order valence-electron chi connectivity index (χ1n) is 10.7. The zero-order chi connectivity index (χ0) is 20.1. The largest absolute Gasteiger partial charge is 0.378 e. The van der Waals surface area contributed by atoms with Crippen molar-refractivity contribution in [1.29, 1.82) is 0 Å². The second kappa shape index (κ2) is 9.42. The number of likely N-dealkylation sites (tertiary alicyclic amines) is 1. The summed E-state index contributed by atoms with van der Waals surface area (Å²) in [6.07, 6.45) is 1.19. The van der Waals surface area contributed by atoms with Crippen LogP contribution in [0, 0.1) is 6.92 Å². The van der Waals surface area contributed by atoms with Crippen molar-refractivity contribution in [3.8, 4) is 0 Å². The molecule has 2 saturated heterocycles. The van der Waals surface area contributed by atoms with Crippen molar-refractivity contribution < 1.29 is 9.53 Å². The summed E-state index contributed by atoms with van der Waals surface area (Å²) >= 11 is 0. The van der Waals surface area contributed by atoms with Crippen LogP contribution in [-0.2, 0) is 4.74 Å². The van der Waals surface area contributed by atoms with E-state index in [4.69, 9.17) is 4.74 Å². The summed E-state index contributed by atoms with van der Waals surface area (Å²) in [5.74, 6) is 0.624. The van der Waals surface area contributed by atoms with Crippen molar-refractivity contribution in [3.63, 3.8) is 0 Å². The van der Waals surface area contributed by atoms with Gasteiger partial charge in [0.1, 0.15) is 0 Å². The van der Waals surface area contributed by atoms with Gasteiger partial charge in [0, 0.05) is 44.0 Å². The molecule has 4 rings (SSSR count). The highest BCUT2D eigenvalue weighted by Crippen LogP contribution is 2.26. The van der Waals surface area contributed by atoms with E-state index in [1.54, 1.807) is 0 Å². The zero-order valence-corrected chi connectivity index (χ0v) is 17.3. The minimum absolute atomic E-state index is 0.0123. The van der Waals surface area contributed by atoms with Crippen LogP contribution >= 0.6 is 0 Å². The van der Waals surface area contributed by atoms with Gasteiger partial charge in [-0.05, 0) is 49.1 Å². The van der Waals surface area contributed by atoms with Gasteiger partial charge in [-0.1, -0.05) is 36.4 Å². The second-order valence-corrected chi connectivity index (χ2v) is 8.05. The van der Waals surface area contributed by atoms with Crippen LogP contribution in [0.3, 0.4) is 0 Å². The Kier molecular flexibility index (Phi) is 6.47.